The predicted molar refractivity (Wildman–Crippen MR) is 79.4 cm³/mol. The third-order valence-corrected chi connectivity index (χ3v) is 4.87. The van der Waals surface area contributed by atoms with Crippen molar-refractivity contribution >= 4 is 34.5 Å². The second-order valence-electron chi connectivity index (χ2n) is 5.05. The average molecular weight is 330 g/mol. The number of aromatic nitrogens is 5. The summed E-state index contributed by atoms with van der Waals surface area (Å²) in [5.74, 6) is 0.897. The Morgan fingerprint density at radius 2 is 2.14 bits per heavy atom. The molecule has 3 atom stereocenters. The number of rotatable bonds is 4. The van der Waals surface area contributed by atoms with Crippen molar-refractivity contribution < 1.29 is 10.2 Å². The van der Waals surface area contributed by atoms with E-state index in [1.54, 1.807) is 4.68 Å². The molecule has 114 valence electrons. The van der Waals surface area contributed by atoms with Gasteiger partial charge in [0.2, 0.25) is 0 Å². The van der Waals surface area contributed by atoms with Crippen molar-refractivity contribution in [2.45, 2.75) is 49.6 Å². The minimum absolute atomic E-state index is 0.262. The third kappa shape index (κ3) is 2.73. The number of hydrogen-bond acceptors (Lipinski definition) is 7. The van der Waals surface area contributed by atoms with Crippen molar-refractivity contribution in [2.24, 2.45) is 0 Å². The lowest BCUT2D eigenvalue weighted by Gasteiger charge is -2.16. The molecule has 1 aliphatic carbocycles. The molecule has 1 fully saturated rings. The normalized spacial score (nSPS) is 25.8. The Morgan fingerprint density at radius 1 is 1.33 bits per heavy atom. The van der Waals surface area contributed by atoms with Crippen LogP contribution in [0.1, 0.15) is 32.2 Å². The zero-order valence-electron chi connectivity index (χ0n) is 11.5. The molecule has 21 heavy (non-hydrogen) atoms. The van der Waals surface area contributed by atoms with E-state index in [2.05, 4.69) is 27.2 Å². The molecule has 0 radical (unpaired) electrons. The van der Waals surface area contributed by atoms with Gasteiger partial charge in [-0.15, -0.1) is 5.10 Å². The fourth-order valence-corrected chi connectivity index (χ4v) is 3.41. The second kappa shape index (κ2) is 6.04. The summed E-state index contributed by atoms with van der Waals surface area (Å²) >= 11 is 7.65. The molecule has 0 aromatic carbocycles. The zero-order chi connectivity index (χ0) is 15.0. The number of hydrogen-bond donors (Lipinski definition) is 2. The van der Waals surface area contributed by atoms with E-state index >= 15 is 0 Å². The van der Waals surface area contributed by atoms with Gasteiger partial charge in [0.25, 0.3) is 0 Å². The molecule has 9 heteroatoms. The standard InChI is InChI=1S/C12H16ClN5O2S/c1-2-5-21-12-14-10(13)8-11(15-12)18(17-16-8)6-3-4-7(19)9(6)20/h6-7,9,19-20H,2-5H2,1H3/t6-,7-,9+/m1/s1. The fourth-order valence-electron chi connectivity index (χ4n) is 2.47. The van der Waals surface area contributed by atoms with Crippen molar-refractivity contribution in [1.29, 1.82) is 0 Å². The molecule has 1 saturated carbocycles. The molecule has 7 nitrogen and oxygen atoms in total. The minimum atomic E-state index is -0.865. The molecule has 0 aliphatic heterocycles. The minimum Gasteiger partial charge on any atom is -0.390 e. The highest BCUT2D eigenvalue weighted by Gasteiger charge is 2.36. The van der Waals surface area contributed by atoms with Gasteiger partial charge >= 0.3 is 0 Å². The molecule has 1 aliphatic rings. The van der Waals surface area contributed by atoms with Crippen LogP contribution >= 0.6 is 23.4 Å². The van der Waals surface area contributed by atoms with Gasteiger partial charge in [0, 0.05) is 5.75 Å². The predicted octanol–water partition coefficient (Wildman–Crippen LogP) is 1.43. The first-order chi connectivity index (χ1) is 10.1. The van der Waals surface area contributed by atoms with Crippen LogP contribution in [0.15, 0.2) is 5.16 Å². The molecule has 0 bridgehead atoms. The van der Waals surface area contributed by atoms with Crippen LogP contribution in [0.4, 0.5) is 0 Å². The molecular formula is C12H16ClN5O2S. The zero-order valence-corrected chi connectivity index (χ0v) is 13.0. The molecule has 3 rings (SSSR count). The Balaban J connectivity index is 2.01. The summed E-state index contributed by atoms with van der Waals surface area (Å²) in [5.41, 5.74) is 0.929. The number of fused-ring (bicyclic) bond motifs is 1. The molecule has 2 heterocycles. The van der Waals surface area contributed by atoms with Crippen molar-refractivity contribution in [3.05, 3.63) is 5.15 Å². The van der Waals surface area contributed by atoms with Crippen molar-refractivity contribution in [2.75, 3.05) is 5.75 Å². The lowest BCUT2D eigenvalue weighted by molar-refractivity contribution is 0.0215. The van der Waals surface area contributed by atoms with Crippen LogP contribution in [0.5, 0.6) is 0 Å². The van der Waals surface area contributed by atoms with Gasteiger partial charge in [-0.25, -0.2) is 14.6 Å². The van der Waals surface area contributed by atoms with Crippen LogP contribution in [-0.2, 0) is 0 Å². The Hall–Kier alpha value is -0.960. The van der Waals surface area contributed by atoms with Gasteiger partial charge in [-0.2, -0.15) is 0 Å². The summed E-state index contributed by atoms with van der Waals surface area (Å²) in [6.45, 7) is 2.08. The Labute approximate surface area is 130 Å². The highest BCUT2D eigenvalue weighted by molar-refractivity contribution is 7.99. The van der Waals surface area contributed by atoms with E-state index in [9.17, 15) is 10.2 Å². The summed E-state index contributed by atoms with van der Waals surface area (Å²) in [7, 11) is 0. The van der Waals surface area contributed by atoms with E-state index in [-0.39, 0.29) is 11.2 Å². The largest absolute Gasteiger partial charge is 0.390 e. The van der Waals surface area contributed by atoms with E-state index in [0.29, 0.717) is 29.2 Å². The summed E-state index contributed by atoms with van der Waals surface area (Å²) in [4.78, 5) is 8.65. The number of nitrogens with zero attached hydrogens (tertiary/aromatic N) is 5. The lowest BCUT2D eigenvalue weighted by Crippen LogP contribution is -2.27. The first-order valence-corrected chi connectivity index (χ1v) is 8.25. The lowest BCUT2D eigenvalue weighted by atomic mass is 10.2. The molecule has 0 spiro atoms. The van der Waals surface area contributed by atoms with E-state index in [1.165, 1.54) is 11.8 Å². The number of halogens is 1. The molecule has 0 amide bonds. The maximum absolute atomic E-state index is 10.0. The van der Waals surface area contributed by atoms with Crippen LogP contribution in [-0.4, -0.2) is 53.1 Å². The van der Waals surface area contributed by atoms with Crippen LogP contribution < -0.4 is 0 Å². The average Bonchev–Trinajstić information content (AvgIpc) is 3.02. The summed E-state index contributed by atoms with van der Waals surface area (Å²) in [5, 5.41) is 28.6. The quantitative estimate of drug-likeness (QED) is 0.497. The Kier molecular flexibility index (Phi) is 4.30. The molecule has 2 aromatic rings. The number of thioether (sulfide) groups is 1. The third-order valence-electron chi connectivity index (χ3n) is 3.56. The topological polar surface area (TPSA) is 97.0 Å². The first-order valence-electron chi connectivity index (χ1n) is 6.89. The monoisotopic (exact) mass is 329 g/mol. The summed E-state index contributed by atoms with van der Waals surface area (Å²) in [6.07, 6.45) is 0.564. The second-order valence-corrected chi connectivity index (χ2v) is 6.47. The van der Waals surface area contributed by atoms with Gasteiger partial charge < -0.3 is 10.2 Å². The van der Waals surface area contributed by atoms with Gasteiger partial charge in [0.05, 0.1) is 12.1 Å². The van der Waals surface area contributed by atoms with Crippen molar-refractivity contribution in [3.8, 4) is 0 Å². The van der Waals surface area contributed by atoms with Gasteiger partial charge in [-0.1, -0.05) is 35.5 Å². The van der Waals surface area contributed by atoms with Crippen molar-refractivity contribution in [1.82, 2.24) is 25.0 Å². The molecular weight excluding hydrogens is 314 g/mol. The van der Waals surface area contributed by atoms with Gasteiger partial charge in [0.1, 0.15) is 6.10 Å². The van der Waals surface area contributed by atoms with Crippen LogP contribution in [0.3, 0.4) is 0 Å². The van der Waals surface area contributed by atoms with E-state index < -0.39 is 12.2 Å². The van der Waals surface area contributed by atoms with Crippen LogP contribution in [0.2, 0.25) is 5.15 Å². The highest BCUT2D eigenvalue weighted by Crippen LogP contribution is 2.33. The van der Waals surface area contributed by atoms with Gasteiger partial charge in [-0.05, 0) is 19.3 Å². The maximum Gasteiger partial charge on any atom is 0.191 e. The maximum atomic E-state index is 10.0. The van der Waals surface area contributed by atoms with Crippen molar-refractivity contribution in [3.63, 3.8) is 0 Å². The van der Waals surface area contributed by atoms with Gasteiger partial charge in [-0.3, -0.25) is 0 Å². The first kappa shape index (κ1) is 15.0. The summed E-state index contributed by atoms with van der Waals surface area (Å²) < 4.78 is 1.56. The number of aliphatic hydroxyl groups excluding tert-OH is 2. The van der Waals surface area contributed by atoms with Crippen LogP contribution in [0.25, 0.3) is 11.2 Å². The van der Waals surface area contributed by atoms with E-state index in [4.69, 9.17) is 11.6 Å². The summed E-state index contributed by atoms with van der Waals surface area (Å²) in [6, 6.07) is -0.333. The fraction of sp³-hybridized carbons (Fsp3) is 0.667. The van der Waals surface area contributed by atoms with E-state index in [0.717, 1.165) is 12.2 Å². The smallest absolute Gasteiger partial charge is 0.191 e. The molecule has 0 saturated heterocycles. The van der Waals surface area contributed by atoms with Gasteiger partial charge in [0.15, 0.2) is 21.5 Å². The molecule has 2 aromatic heterocycles. The SMILES string of the molecule is CCCSc1nc(Cl)c2nnn([C@@H]3CC[C@@H](O)[C@H]3O)c2n1. The Morgan fingerprint density at radius 3 is 2.81 bits per heavy atom. The molecule has 0 unspecified atom stereocenters. The highest BCUT2D eigenvalue weighted by atomic mass is 35.5. The number of aliphatic hydroxyl groups is 2. The van der Waals surface area contributed by atoms with Crippen LogP contribution in [0, 0.1) is 0 Å². The molecule has 2 N–H and O–H groups in total. The Bertz CT molecular complexity index is 652. The van der Waals surface area contributed by atoms with E-state index in [1.807, 2.05) is 0 Å².